The number of carbonyl (C=O) groups is 1. The van der Waals surface area contributed by atoms with E-state index in [1.54, 1.807) is 43.9 Å². The van der Waals surface area contributed by atoms with Gasteiger partial charge in [0, 0.05) is 6.54 Å². The van der Waals surface area contributed by atoms with Gasteiger partial charge in [-0.2, -0.15) is 13.8 Å². The fourth-order valence-electron chi connectivity index (χ4n) is 2.89. The summed E-state index contributed by atoms with van der Waals surface area (Å²) >= 11 is 0. The molecule has 2 aromatic rings. The quantitative estimate of drug-likeness (QED) is 0.781. The molecule has 0 saturated carbocycles. The molecule has 1 unspecified atom stereocenters. The smallest absolute Gasteiger partial charge is 0.410 e. The maximum absolute atomic E-state index is 12.6. The lowest BCUT2D eigenvalue weighted by Gasteiger charge is -2.26. The molecule has 7 nitrogen and oxygen atoms in total. The Hall–Kier alpha value is -2.71. The van der Waals surface area contributed by atoms with Crippen molar-refractivity contribution in [1.29, 1.82) is 0 Å². The summed E-state index contributed by atoms with van der Waals surface area (Å²) in [5.74, 6) is 0.313. The molecule has 1 aromatic heterocycles. The number of nitrogens with zero attached hydrogens (tertiary/aromatic N) is 3. The molecule has 9 heteroatoms. The summed E-state index contributed by atoms with van der Waals surface area (Å²) < 4.78 is 40.4. The number of halogens is 2. The van der Waals surface area contributed by atoms with Crippen LogP contribution in [0.5, 0.6) is 5.75 Å². The number of hydrogen-bond donors (Lipinski definition) is 0. The monoisotopic (exact) mass is 381 g/mol. The second kappa shape index (κ2) is 7.50. The lowest BCUT2D eigenvalue weighted by molar-refractivity contribution is -0.0494. The highest BCUT2D eigenvalue weighted by Crippen LogP contribution is 2.35. The van der Waals surface area contributed by atoms with Crippen LogP contribution in [0.4, 0.5) is 13.6 Å². The average molecular weight is 381 g/mol. The van der Waals surface area contributed by atoms with Crippen molar-refractivity contribution in [3.05, 3.63) is 30.2 Å². The van der Waals surface area contributed by atoms with E-state index in [1.807, 2.05) is 0 Å². The van der Waals surface area contributed by atoms with E-state index in [0.717, 1.165) is 6.42 Å². The van der Waals surface area contributed by atoms with E-state index < -0.39 is 24.3 Å². The minimum atomic E-state index is -2.96. The number of carbonyl (C=O) groups excluding carboxylic acids is 1. The molecule has 0 spiro atoms. The van der Waals surface area contributed by atoms with Crippen LogP contribution in [-0.4, -0.2) is 39.9 Å². The van der Waals surface area contributed by atoms with Crippen LogP contribution in [0.3, 0.4) is 0 Å². The van der Waals surface area contributed by atoms with E-state index in [1.165, 1.54) is 6.07 Å². The SMILES string of the molecule is CC(C)(C)OC(=O)N1CCCC1c1nc(-c2ccccc2OC(F)F)no1. The Morgan fingerprint density at radius 3 is 2.78 bits per heavy atom. The Morgan fingerprint density at radius 2 is 2.07 bits per heavy atom. The molecule has 1 fully saturated rings. The van der Waals surface area contributed by atoms with Gasteiger partial charge in [0.25, 0.3) is 0 Å². The highest BCUT2D eigenvalue weighted by atomic mass is 19.3. The molecule has 1 amide bonds. The average Bonchev–Trinajstić information content (AvgIpc) is 3.22. The Kier molecular flexibility index (Phi) is 5.29. The van der Waals surface area contributed by atoms with Crippen LogP contribution in [0.25, 0.3) is 11.4 Å². The topological polar surface area (TPSA) is 77.7 Å². The fourth-order valence-corrected chi connectivity index (χ4v) is 2.89. The van der Waals surface area contributed by atoms with Crippen LogP contribution in [0.1, 0.15) is 45.5 Å². The lowest BCUT2D eigenvalue weighted by Crippen LogP contribution is -2.36. The number of alkyl halides is 2. The third kappa shape index (κ3) is 4.53. The molecule has 1 saturated heterocycles. The molecule has 1 aliphatic heterocycles. The van der Waals surface area contributed by atoms with Crippen molar-refractivity contribution in [1.82, 2.24) is 15.0 Å². The normalized spacial score (nSPS) is 17.4. The van der Waals surface area contributed by atoms with Gasteiger partial charge in [-0.15, -0.1) is 0 Å². The van der Waals surface area contributed by atoms with Gasteiger partial charge >= 0.3 is 12.7 Å². The van der Waals surface area contributed by atoms with Crippen LogP contribution < -0.4 is 4.74 Å². The number of likely N-dealkylation sites (tertiary alicyclic amines) is 1. The first kappa shape index (κ1) is 19.1. The third-order valence-corrected chi connectivity index (χ3v) is 3.95. The zero-order valence-corrected chi connectivity index (χ0v) is 15.3. The Labute approximate surface area is 155 Å². The number of hydrogen-bond acceptors (Lipinski definition) is 6. The van der Waals surface area contributed by atoms with Gasteiger partial charge in [-0.05, 0) is 45.7 Å². The summed E-state index contributed by atoms with van der Waals surface area (Å²) in [6, 6.07) is 5.78. The largest absolute Gasteiger partial charge is 0.444 e. The zero-order valence-electron chi connectivity index (χ0n) is 15.3. The maximum atomic E-state index is 12.6. The summed E-state index contributed by atoms with van der Waals surface area (Å²) in [5, 5.41) is 3.88. The van der Waals surface area contributed by atoms with E-state index in [-0.39, 0.29) is 23.0 Å². The van der Waals surface area contributed by atoms with Gasteiger partial charge in [0.05, 0.1) is 5.56 Å². The van der Waals surface area contributed by atoms with Crippen LogP contribution in [-0.2, 0) is 4.74 Å². The molecule has 0 radical (unpaired) electrons. The minimum absolute atomic E-state index is 0.0460. The molecule has 0 bridgehead atoms. The van der Waals surface area contributed by atoms with Crippen LogP contribution >= 0.6 is 0 Å². The van der Waals surface area contributed by atoms with E-state index in [4.69, 9.17) is 9.26 Å². The molecule has 0 aliphatic carbocycles. The van der Waals surface area contributed by atoms with Crippen LogP contribution in [0.2, 0.25) is 0 Å². The summed E-state index contributed by atoms with van der Waals surface area (Å²) in [6.07, 6.45) is 0.967. The molecule has 1 atom stereocenters. The first-order chi connectivity index (χ1) is 12.7. The third-order valence-electron chi connectivity index (χ3n) is 3.95. The number of ether oxygens (including phenoxy) is 2. The molecule has 1 aromatic carbocycles. The van der Waals surface area contributed by atoms with Gasteiger partial charge in [-0.25, -0.2) is 4.79 Å². The molecule has 3 rings (SSSR count). The highest BCUT2D eigenvalue weighted by molar-refractivity contribution is 5.69. The molecule has 1 aliphatic rings. The summed E-state index contributed by atoms with van der Waals surface area (Å²) in [7, 11) is 0. The second-order valence-corrected chi connectivity index (χ2v) is 7.16. The van der Waals surface area contributed by atoms with E-state index >= 15 is 0 Å². The lowest BCUT2D eigenvalue weighted by atomic mass is 10.2. The summed E-state index contributed by atoms with van der Waals surface area (Å²) in [6.45, 7) is 2.93. The number of aromatic nitrogens is 2. The van der Waals surface area contributed by atoms with Gasteiger partial charge in [-0.3, -0.25) is 4.90 Å². The van der Waals surface area contributed by atoms with Crippen molar-refractivity contribution < 1.29 is 27.6 Å². The predicted octanol–water partition coefficient (Wildman–Crippen LogP) is 4.41. The minimum Gasteiger partial charge on any atom is -0.444 e. The van der Waals surface area contributed by atoms with Crippen molar-refractivity contribution in [2.24, 2.45) is 0 Å². The van der Waals surface area contributed by atoms with E-state index in [2.05, 4.69) is 14.9 Å². The van der Waals surface area contributed by atoms with Crippen molar-refractivity contribution in [2.45, 2.75) is 51.9 Å². The summed E-state index contributed by atoms with van der Waals surface area (Å²) in [5.41, 5.74) is -0.329. The van der Waals surface area contributed by atoms with Crippen molar-refractivity contribution in [2.75, 3.05) is 6.54 Å². The standard InChI is InChI=1S/C18H21F2N3O4/c1-18(2,3)26-17(24)23-10-6-8-12(23)15-21-14(22-27-15)11-7-4-5-9-13(11)25-16(19)20/h4-5,7,9,12,16H,6,8,10H2,1-3H3. The molecule has 27 heavy (non-hydrogen) atoms. The van der Waals surface area contributed by atoms with Gasteiger partial charge in [0.2, 0.25) is 11.7 Å². The second-order valence-electron chi connectivity index (χ2n) is 7.16. The molecular weight excluding hydrogens is 360 g/mol. The fraction of sp³-hybridized carbons (Fsp3) is 0.500. The molecular formula is C18H21F2N3O4. The van der Waals surface area contributed by atoms with Gasteiger partial charge in [0.1, 0.15) is 17.4 Å². The van der Waals surface area contributed by atoms with Gasteiger partial charge in [0.15, 0.2) is 0 Å². The Balaban J connectivity index is 1.82. The number of para-hydroxylation sites is 1. The van der Waals surface area contributed by atoms with Crippen molar-refractivity contribution in [3.63, 3.8) is 0 Å². The zero-order chi connectivity index (χ0) is 19.6. The Bertz CT molecular complexity index is 804. The number of rotatable bonds is 4. The first-order valence-electron chi connectivity index (χ1n) is 8.62. The predicted molar refractivity (Wildman–Crippen MR) is 91.3 cm³/mol. The summed E-state index contributed by atoms with van der Waals surface area (Å²) in [4.78, 5) is 18.3. The highest BCUT2D eigenvalue weighted by Gasteiger charge is 2.36. The van der Waals surface area contributed by atoms with E-state index in [0.29, 0.717) is 13.0 Å². The molecule has 0 N–H and O–H groups in total. The molecule has 2 heterocycles. The van der Waals surface area contributed by atoms with Crippen LogP contribution in [0.15, 0.2) is 28.8 Å². The first-order valence-corrected chi connectivity index (χ1v) is 8.62. The van der Waals surface area contributed by atoms with E-state index in [9.17, 15) is 13.6 Å². The molecule has 146 valence electrons. The van der Waals surface area contributed by atoms with Gasteiger partial charge < -0.3 is 14.0 Å². The number of amides is 1. The van der Waals surface area contributed by atoms with Crippen molar-refractivity contribution >= 4 is 6.09 Å². The maximum Gasteiger partial charge on any atom is 0.410 e. The Morgan fingerprint density at radius 1 is 1.33 bits per heavy atom. The number of benzene rings is 1. The van der Waals surface area contributed by atoms with Gasteiger partial charge in [-0.1, -0.05) is 17.3 Å². The van der Waals surface area contributed by atoms with Crippen LogP contribution in [0, 0.1) is 0 Å². The van der Waals surface area contributed by atoms with Crippen molar-refractivity contribution in [3.8, 4) is 17.1 Å².